The number of nitrogens with zero attached hydrogens (tertiary/aromatic N) is 5. The Morgan fingerprint density at radius 3 is 2.71 bits per heavy atom. The molecule has 31 heavy (non-hydrogen) atoms. The highest BCUT2D eigenvalue weighted by atomic mass is 32.1. The fourth-order valence-corrected chi connectivity index (χ4v) is 5.40. The minimum atomic E-state index is -4.25. The molecule has 3 atom stereocenters. The monoisotopic (exact) mass is 452 g/mol. The van der Waals surface area contributed by atoms with Crippen molar-refractivity contribution in [1.82, 2.24) is 19.0 Å². The van der Waals surface area contributed by atoms with Gasteiger partial charge in [0, 0.05) is 25.3 Å². The molecule has 11 heteroatoms. The minimum absolute atomic E-state index is 0.275. The van der Waals surface area contributed by atoms with Gasteiger partial charge in [-0.3, -0.25) is 0 Å². The van der Waals surface area contributed by atoms with Crippen molar-refractivity contribution in [3.05, 3.63) is 30.1 Å². The molecule has 2 aliphatic rings. The van der Waals surface area contributed by atoms with Gasteiger partial charge in [-0.2, -0.15) is 22.5 Å². The van der Waals surface area contributed by atoms with Gasteiger partial charge in [0.2, 0.25) is 5.95 Å². The molecule has 1 saturated carbocycles. The van der Waals surface area contributed by atoms with Crippen molar-refractivity contribution in [3.63, 3.8) is 0 Å². The third-order valence-electron chi connectivity index (χ3n) is 6.03. The highest BCUT2D eigenvalue weighted by molar-refractivity contribution is 7.10. The maximum atomic E-state index is 12.4. The summed E-state index contributed by atoms with van der Waals surface area (Å²) in [7, 11) is 0. The average molecular weight is 453 g/mol. The Hall–Kier alpha value is -2.56. The number of nitrogens with one attached hydrogen (secondary N) is 1. The Morgan fingerprint density at radius 2 is 2.03 bits per heavy atom. The lowest BCUT2D eigenvalue weighted by molar-refractivity contribution is -0.139. The van der Waals surface area contributed by atoms with E-state index in [0.717, 1.165) is 31.6 Å². The quantitative estimate of drug-likeness (QED) is 0.606. The van der Waals surface area contributed by atoms with Crippen molar-refractivity contribution in [2.75, 3.05) is 29.9 Å². The van der Waals surface area contributed by atoms with Gasteiger partial charge in [-0.15, -0.1) is 5.10 Å². The number of anilines is 2. The van der Waals surface area contributed by atoms with Gasteiger partial charge in [-0.25, -0.2) is 4.52 Å². The number of hydrogen-bond donors (Lipinski definition) is 1. The van der Waals surface area contributed by atoms with E-state index < -0.39 is 19.2 Å². The van der Waals surface area contributed by atoms with Gasteiger partial charge >= 0.3 is 6.18 Å². The third kappa shape index (κ3) is 4.28. The van der Waals surface area contributed by atoms with Crippen molar-refractivity contribution in [1.29, 1.82) is 0 Å². The summed E-state index contributed by atoms with van der Waals surface area (Å²) in [5.41, 5.74) is 1.46. The van der Waals surface area contributed by atoms with E-state index in [4.69, 9.17) is 4.74 Å². The molecule has 5 rings (SSSR count). The van der Waals surface area contributed by atoms with Gasteiger partial charge in [-0.1, -0.05) is 0 Å². The van der Waals surface area contributed by atoms with Crippen LogP contribution < -0.4 is 15.0 Å². The largest absolute Gasteiger partial charge is 0.489 e. The molecule has 2 bridgehead atoms. The van der Waals surface area contributed by atoms with Crippen molar-refractivity contribution in [3.8, 4) is 5.75 Å². The van der Waals surface area contributed by atoms with Crippen LogP contribution in [0.4, 0.5) is 24.1 Å². The molecule has 3 aromatic rings. The van der Waals surface area contributed by atoms with Crippen LogP contribution in [0.5, 0.6) is 5.75 Å². The number of rotatable bonds is 6. The van der Waals surface area contributed by atoms with Crippen LogP contribution in [0.25, 0.3) is 5.65 Å². The van der Waals surface area contributed by atoms with Gasteiger partial charge in [0.1, 0.15) is 5.00 Å². The molecule has 166 valence electrons. The molecule has 0 radical (unpaired) electrons. The molecular formula is C20H23F3N6OS. The number of ether oxygens (including phenoxy) is 1. The molecule has 1 N–H and O–H groups in total. The number of piperidine rings is 1. The lowest BCUT2D eigenvalue weighted by Crippen LogP contribution is -2.48. The van der Waals surface area contributed by atoms with E-state index in [-0.39, 0.29) is 6.04 Å². The van der Waals surface area contributed by atoms with Crippen LogP contribution in [0, 0.1) is 18.8 Å². The zero-order valence-corrected chi connectivity index (χ0v) is 17.8. The summed E-state index contributed by atoms with van der Waals surface area (Å²) in [4.78, 5) is 6.94. The van der Waals surface area contributed by atoms with Crippen molar-refractivity contribution in [2.45, 2.75) is 38.4 Å². The molecule has 1 aliphatic heterocycles. The van der Waals surface area contributed by atoms with Crippen LogP contribution >= 0.6 is 11.5 Å². The second kappa shape index (κ2) is 7.85. The molecule has 0 aromatic carbocycles. The van der Waals surface area contributed by atoms with E-state index in [1.807, 2.05) is 6.92 Å². The summed E-state index contributed by atoms with van der Waals surface area (Å²) in [6.45, 7) is 3.50. The molecule has 7 nitrogen and oxygen atoms in total. The van der Waals surface area contributed by atoms with Crippen LogP contribution in [0.15, 0.2) is 24.4 Å². The van der Waals surface area contributed by atoms with Gasteiger partial charge in [0.15, 0.2) is 11.4 Å². The van der Waals surface area contributed by atoms with Crippen LogP contribution in [0.2, 0.25) is 0 Å². The highest BCUT2D eigenvalue weighted by Crippen LogP contribution is 2.41. The van der Waals surface area contributed by atoms with Crippen LogP contribution in [0.1, 0.15) is 25.0 Å². The lowest BCUT2D eigenvalue weighted by atomic mass is 9.92. The predicted octanol–water partition coefficient (Wildman–Crippen LogP) is 4.15. The Kier molecular flexibility index (Phi) is 5.15. The van der Waals surface area contributed by atoms with E-state index >= 15 is 0 Å². The number of aryl methyl sites for hydroxylation is 1. The number of halogens is 3. The van der Waals surface area contributed by atoms with Gasteiger partial charge in [-0.05, 0) is 61.3 Å². The van der Waals surface area contributed by atoms with Gasteiger partial charge < -0.3 is 15.0 Å². The molecular weight excluding hydrogens is 429 g/mol. The summed E-state index contributed by atoms with van der Waals surface area (Å²) in [5.74, 6) is 1.74. The summed E-state index contributed by atoms with van der Waals surface area (Å²) >= 11 is 1.55. The smallest absolute Gasteiger partial charge is 0.392 e. The maximum absolute atomic E-state index is 12.4. The fourth-order valence-electron chi connectivity index (χ4n) is 4.62. The number of aromatic nitrogens is 4. The van der Waals surface area contributed by atoms with E-state index in [1.165, 1.54) is 5.00 Å². The van der Waals surface area contributed by atoms with Crippen LogP contribution in [-0.2, 0) is 0 Å². The fraction of sp³-hybridized carbons (Fsp3) is 0.550. The van der Waals surface area contributed by atoms with Crippen molar-refractivity contribution in [2.24, 2.45) is 11.8 Å². The van der Waals surface area contributed by atoms with E-state index in [2.05, 4.69) is 30.7 Å². The van der Waals surface area contributed by atoms with Crippen molar-refractivity contribution >= 4 is 28.1 Å². The second-order valence-corrected chi connectivity index (χ2v) is 9.05. The second-order valence-electron chi connectivity index (χ2n) is 8.27. The first kappa shape index (κ1) is 20.3. The Morgan fingerprint density at radius 1 is 1.26 bits per heavy atom. The molecule has 2 fully saturated rings. The third-order valence-corrected chi connectivity index (χ3v) is 6.97. The molecule has 0 spiro atoms. The SMILES string of the molecule is Cc1cc(N2CC3CC[C@@H](C2)C3Nc2nc3c(OCCC(F)(F)F)cccn3n2)sn1. The first-order chi connectivity index (χ1) is 14.9. The standard InChI is InChI=1S/C20H23F3N6OS/c1-12-9-16(31-27-12)28-10-13-4-5-14(11-28)17(13)24-19-25-18-15(3-2-7-29(18)26-19)30-8-6-20(21,22)23/h2-3,7,9,13-14,17H,4-6,8,10-11H2,1H3,(H,24,26)/t13-,14?,17?/m0/s1. The van der Waals surface area contributed by atoms with E-state index in [9.17, 15) is 13.2 Å². The maximum Gasteiger partial charge on any atom is 0.392 e. The lowest BCUT2D eigenvalue weighted by Gasteiger charge is -2.38. The molecule has 1 saturated heterocycles. The normalized spacial score (nSPS) is 23.5. The van der Waals surface area contributed by atoms with Gasteiger partial charge in [0.25, 0.3) is 0 Å². The highest BCUT2D eigenvalue weighted by Gasteiger charge is 2.43. The number of fused-ring (bicyclic) bond motifs is 3. The summed E-state index contributed by atoms with van der Waals surface area (Å²) in [6, 6.07) is 5.72. The van der Waals surface area contributed by atoms with E-state index in [0.29, 0.717) is 29.2 Å². The summed E-state index contributed by atoms with van der Waals surface area (Å²) < 4.78 is 48.6. The minimum Gasteiger partial charge on any atom is -0.489 e. The number of hydrogen-bond acceptors (Lipinski definition) is 7. The van der Waals surface area contributed by atoms with Crippen LogP contribution in [0.3, 0.4) is 0 Å². The first-order valence-electron chi connectivity index (χ1n) is 10.4. The molecule has 4 heterocycles. The topological polar surface area (TPSA) is 67.6 Å². The zero-order chi connectivity index (χ0) is 21.6. The van der Waals surface area contributed by atoms with Crippen molar-refractivity contribution < 1.29 is 17.9 Å². The molecule has 0 amide bonds. The van der Waals surface area contributed by atoms with E-state index in [1.54, 1.807) is 34.4 Å². The van der Waals surface area contributed by atoms with Crippen LogP contribution in [-0.4, -0.2) is 50.9 Å². The summed E-state index contributed by atoms with van der Waals surface area (Å²) in [5, 5.41) is 9.19. The Bertz CT molecular complexity index is 1050. The number of pyridine rings is 1. The average Bonchev–Trinajstić information content (AvgIpc) is 3.37. The molecule has 3 aromatic heterocycles. The Balaban J connectivity index is 1.28. The Labute approximate surface area is 181 Å². The molecule has 1 aliphatic carbocycles. The van der Waals surface area contributed by atoms with Gasteiger partial charge in [0.05, 0.1) is 18.7 Å². The number of alkyl halides is 3. The molecule has 2 unspecified atom stereocenters. The summed E-state index contributed by atoms with van der Waals surface area (Å²) in [6.07, 6.45) is -1.24. The first-order valence-corrected chi connectivity index (χ1v) is 11.1. The predicted molar refractivity (Wildman–Crippen MR) is 112 cm³/mol. The zero-order valence-electron chi connectivity index (χ0n) is 17.0.